The lowest BCUT2D eigenvalue weighted by Gasteiger charge is -2.12. The van der Waals surface area contributed by atoms with Crippen LogP contribution in [-0.4, -0.2) is 19.9 Å². The molecule has 2 rings (SSSR count). The van der Waals surface area contributed by atoms with Gasteiger partial charge < -0.3 is 5.11 Å². The van der Waals surface area contributed by atoms with Crippen LogP contribution in [0.5, 0.6) is 0 Å². The van der Waals surface area contributed by atoms with Crippen LogP contribution < -0.4 is 0 Å². The van der Waals surface area contributed by atoms with E-state index in [1.54, 1.807) is 17.8 Å². The quantitative estimate of drug-likeness (QED) is 0.943. The van der Waals surface area contributed by atoms with Crippen molar-refractivity contribution >= 4 is 34.8 Å². The van der Waals surface area contributed by atoms with Crippen molar-refractivity contribution in [1.29, 1.82) is 0 Å². The summed E-state index contributed by atoms with van der Waals surface area (Å²) in [4.78, 5) is 4.05. The number of nitrogens with zero attached hydrogens (tertiary/aromatic N) is 3. The highest BCUT2D eigenvalue weighted by Crippen LogP contribution is 2.29. The Kier molecular flexibility index (Phi) is 4.36. The summed E-state index contributed by atoms with van der Waals surface area (Å²) in [7, 11) is 1.78. The summed E-state index contributed by atoms with van der Waals surface area (Å²) >= 11 is 17.9. The van der Waals surface area contributed by atoms with E-state index in [0.29, 0.717) is 20.8 Å². The van der Waals surface area contributed by atoms with Gasteiger partial charge in [0.2, 0.25) is 0 Å². The minimum Gasteiger partial charge on any atom is -0.386 e. The second-order valence-corrected chi connectivity index (χ2v) is 5.43. The summed E-state index contributed by atoms with van der Waals surface area (Å²) in [6.07, 6.45) is 0.865. The number of hydrogen-bond donors (Lipinski definition) is 1. The van der Waals surface area contributed by atoms with Crippen molar-refractivity contribution in [1.82, 2.24) is 14.8 Å². The number of aryl methyl sites for hydroxylation is 2. The third-order valence-electron chi connectivity index (χ3n) is 2.80. The van der Waals surface area contributed by atoms with Gasteiger partial charge in [-0.2, -0.15) is 5.10 Å². The molecule has 0 spiro atoms. The zero-order valence-electron chi connectivity index (χ0n) is 10.4. The van der Waals surface area contributed by atoms with Gasteiger partial charge in [0.15, 0.2) is 0 Å². The minimum absolute atomic E-state index is 0.282. The molecule has 0 saturated heterocycles. The Balaban J connectivity index is 2.28. The highest BCUT2D eigenvalue weighted by molar-refractivity contribution is 6.34. The van der Waals surface area contributed by atoms with Gasteiger partial charge >= 0.3 is 0 Å². The molecule has 0 fully saturated rings. The zero-order chi connectivity index (χ0) is 14.2. The molecule has 1 N–H and O–H groups in total. The highest BCUT2D eigenvalue weighted by Gasteiger charge is 2.19. The van der Waals surface area contributed by atoms with Gasteiger partial charge in [-0.3, -0.25) is 9.67 Å². The Bertz CT molecular complexity index is 613. The summed E-state index contributed by atoms with van der Waals surface area (Å²) in [6.45, 7) is 1.81. The van der Waals surface area contributed by atoms with E-state index in [0.717, 1.165) is 11.4 Å². The lowest BCUT2D eigenvalue weighted by atomic mass is 10.1. The third kappa shape index (κ3) is 3.03. The van der Waals surface area contributed by atoms with Crippen molar-refractivity contribution in [3.63, 3.8) is 0 Å². The van der Waals surface area contributed by atoms with Crippen LogP contribution in [0.4, 0.5) is 0 Å². The first-order valence-electron chi connectivity index (χ1n) is 5.57. The van der Waals surface area contributed by atoms with Crippen molar-refractivity contribution in [2.45, 2.75) is 19.4 Å². The maximum absolute atomic E-state index is 10.2. The topological polar surface area (TPSA) is 50.9 Å². The molecule has 0 radical (unpaired) electrons. The number of rotatable bonds is 3. The van der Waals surface area contributed by atoms with Gasteiger partial charge in [-0.15, -0.1) is 0 Å². The van der Waals surface area contributed by atoms with Crippen LogP contribution in [0.2, 0.25) is 15.1 Å². The Morgan fingerprint density at radius 1 is 1.37 bits per heavy atom. The summed E-state index contributed by atoms with van der Waals surface area (Å²) in [5.41, 5.74) is 1.84. The van der Waals surface area contributed by atoms with Gasteiger partial charge in [-0.25, -0.2) is 0 Å². The molecule has 2 heterocycles. The first-order valence-corrected chi connectivity index (χ1v) is 6.70. The van der Waals surface area contributed by atoms with Crippen molar-refractivity contribution in [2.75, 3.05) is 0 Å². The fourth-order valence-corrected chi connectivity index (χ4v) is 2.60. The number of aliphatic hydroxyl groups is 1. The summed E-state index contributed by atoms with van der Waals surface area (Å²) in [5.74, 6) is 0. The number of aromatic nitrogens is 3. The molecule has 0 saturated carbocycles. The molecule has 0 aliphatic heterocycles. The molecule has 2 aromatic rings. The van der Waals surface area contributed by atoms with E-state index in [1.807, 2.05) is 6.92 Å². The number of pyridine rings is 1. The molecule has 2 aromatic heterocycles. The average molecular weight is 321 g/mol. The molecule has 0 aliphatic rings. The lowest BCUT2D eigenvalue weighted by molar-refractivity contribution is 0.171. The van der Waals surface area contributed by atoms with E-state index < -0.39 is 6.10 Å². The first kappa shape index (κ1) is 14.6. The van der Waals surface area contributed by atoms with E-state index in [1.165, 1.54) is 6.20 Å². The molecule has 0 bridgehead atoms. The van der Waals surface area contributed by atoms with Crippen LogP contribution >= 0.6 is 34.8 Å². The second-order valence-electron chi connectivity index (χ2n) is 4.21. The molecule has 1 unspecified atom stereocenters. The van der Waals surface area contributed by atoms with Gasteiger partial charge in [0, 0.05) is 19.7 Å². The normalized spacial score (nSPS) is 12.7. The standard InChI is InChI=1S/C12H12Cl3N3O/c1-6-11(15)9(18(2)17-6)4-10(19)12-8(14)3-7(13)5-16-12/h3,5,10,19H,4H2,1-2H3. The molecule has 1 atom stereocenters. The van der Waals surface area contributed by atoms with E-state index in [2.05, 4.69) is 10.1 Å². The fraction of sp³-hybridized carbons (Fsp3) is 0.333. The average Bonchev–Trinajstić information content (AvgIpc) is 2.56. The molecule has 0 amide bonds. The Morgan fingerprint density at radius 3 is 2.58 bits per heavy atom. The van der Waals surface area contributed by atoms with Crippen LogP contribution in [0.1, 0.15) is 23.2 Å². The molecule has 102 valence electrons. The van der Waals surface area contributed by atoms with Crippen LogP contribution in [0.15, 0.2) is 12.3 Å². The molecular formula is C12H12Cl3N3O. The summed E-state index contributed by atoms with van der Waals surface area (Å²) in [6, 6.07) is 1.55. The van der Waals surface area contributed by atoms with Crippen LogP contribution in [0.3, 0.4) is 0 Å². The molecule has 7 heteroatoms. The van der Waals surface area contributed by atoms with E-state index >= 15 is 0 Å². The van der Waals surface area contributed by atoms with E-state index in [9.17, 15) is 5.11 Å². The molecule has 0 aromatic carbocycles. The van der Waals surface area contributed by atoms with Crippen LogP contribution in [-0.2, 0) is 13.5 Å². The van der Waals surface area contributed by atoms with E-state index in [4.69, 9.17) is 34.8 Å². The predicted molar refractivity (Wildman–Crippen MR) is 75.9 cm³/mol. The van der Waals surface area contributed by atoms with Gasteiger partial charge in [0.1, 0.15) is 6.10 Å². The number of aliphatic hydroxyl groups excluding tert-OH is 1. The second kappa shape index (κ2) is 5.67. The Morgan fingerprint density at radius 2 is 2.05 bits per heavy atom. The molecule has 4 nitrogen and oxygen atoms in total. The molecular weight excluding hydrogens is 309 g/mol. The van der Waals surface area contributed by atoms with Gasteiger partial charge in [0.25, 0.3) is 0 Å². The monoisotopic (exact) mass is 319 g/mol. The Hall–Kier alpha value is -0.810. The van der Waals surface area contributed by atoms with Crippen molar-refractivity contribution in [3.05, 3.63) is 44.4 Å². The van der Waals surface area contributed by atoms with Gasteiger partial charge in [-0.05, 0) is 13.0 Å². The SMILES string of the molecule is Cc1nn(C)c(CC(O)c2ncc(Cl)cc2Cl)c1Cl. The lowest BCUT2D eigenvalue weighted by Crippen LogP contribution is -2.09. The summed E-state index contributed by atoms with van der Waals surface area (Å²) < 4.78 is 1.64. The van der Waals surface area contributed by atoms with Crippen molar-refractivity contribution in [3.8, 4) is 0 Å². The van der Waals surface area contributed by atoms with Gasteiger partial charge in [0.05, 0.1) is 32.1 Å². The largest absolute Gasteiger partial charge is 0.386 e. The maximum atomic E-state index is 10.2. The maximum Gasteiger partial charge on any atom is 0.103 e. The third-order valence-corrected chi connectivity index (χ3v) is 3.80. The number of halogens is 3. The zero-order valence-corrected chi connectivity index (χ0v) is 12.6. The molecule has 19 heavy (non-hydrogen) atoms. The van der Waals surface area contributed by atoms with Crippen molar-refractivity contribution in [2.24, 2.45) is 7.05 Å². The molecule has 0 aliphatic carbocycles. The van der Waals surface area contributed by atoms with Gasteiger partial charge in [-0.1, -0.05) is 34.8 Å². The van der Waals surface area contributed by atoms with Crippen LogP contribution in [0, 0.1) is 6.92 Å². The predicted octanol–water partition coefficient (Wildman–Crippen LogP) is 3.36. The van der Waals surface area contributed by atoms with Crippen molar-refractivity contribution < 1.29 is 5.11 Å². The Labute approximate surface area is 125 Å². The first-order chi connectivity index (χ1) is 8.90. The summed E-state index contributed by atoms with van der Waals surface area (Å²) in [5, 5.41) is 15.7. The smallest absolute Gasteiger partial charge is 0.103 e. The minimum atomic E-state index is -0.864. The van der Waals surface area contributed by atoms with Crippen LogP contribution in [0.25, 0.3) is 0 Å². The van der Waals surface area contributed by atoms with E-state index in [-0.39, 0.29) is 6.42 Å². The highest BCUT2D eigenvalue weighted by atomic mass is 35.5. The number of hydrogen-bond acceptors (Lipinski definition) is 3. The fourth-order valence-electron chi connectivity index (χ4n) is 1.85.